The molecule has 0 saturated carbocycles. The Kier molecular flexibility index (Phi) is 4.30. The third-order valence-electron chi connectivity index (χ3n) is 2.24. The van der Waals surface area contributed by atoms with Crippen LogP contribution in [-0.4, -0.2) is 4.98 Å². The number of aromatic amines is 1. The van der Waals surface area contributed by atoms with E-state index in [9.17, 15) is 0 Å². The smallest absolute Gasteiger partial charge is 0.244 e. The first-order chi connectivity index (χ1) is 6.38. The Bertz CT molecular complexity index is 250. The van der Waals surface area contributed by atoms with Crippen molar-refractivity contribution in [3.05, 3.63) is 24.8 Å². The molecule has 2 heteroatoms. The van der Waals surface area contributed by atoms with Crippen LogP contribution in [0.25, 0.3) is 6.08 Å². The number of aromatic nitrogens is 2. The summed E-state index contributed by atoms with van der Waals surface area (Å²) < 4.78 is 2.21. The molecular formula is C11H19N2+. The molecule has 1 rings (SSSR count). The summed E-state index contributed by atoms with van der Waals surface area (Å²) in [7, 11) is 0. The molecule has 0 bridgehead atoms. The van der Waals surface area contributed by atoms with Gasteiger partial charge in [0.15, 0.2) is 0 Å². The van der Waals surface area contributed by atoms with E-state index in [0.29, 0.717) is 0 Å². The number of hydrogen-bond donors (Lipinski definition) is 1. The molecule has 2 nitrogen and oxygen atoms in total. The number of rotatable bonds is 6. The number of imidazole rings is 1. The van der Waals surface area contributed by atoms with Gasteiger partial charge in [0.25, 0.3) is 5.82 Å². The zero-order chi connectivity index (χ0) is 9.52. The maximum Gasteiger partial charge on any atom is 0.278 e. The zero-order valence-electron chi connectivity index (χ0n) is 8.42. The van der Waals surface area contributed by atoms with Gasteiger partial charge in [-0.3, -0.25) is 0 Å². The maximum atomic E-state index is 3.76. The molecule has 0 saturated heterocycles. The second-order valence-electron chi connectivity index (χ2n) is 3.30. The highest BCUT2D eigenvalue weighted by atomic mass is 15.0. The highest BCUT2D eigenvalue weighted by molar-refractivity contribution is 5.31. The van der Waals surface area contributed by atoms with E-state index in [4.69, 9.17) is 0 Å². The van der Waals surface area contributed by atoms with Gasteiger partial charge < -0.3 is 0 Å². The highest BCUT2D eigenvalue weighted by Crippen LogP contribution is 1.99. The van der Waals surface area contributed by atoms with Gasteiger partial charge in [-0.2, -0.15) is 0 Å². The van der Waals surface area contributed by atoms with Crippen molar-refractivity contribution in [3.8, 4) is 0 Å². The Labute approximate surface area is 80.3 Å². The fraction of sp³-hybridized carbons (Fsp3) is 0.545. The molecule has 0 aliphatic rings. The average molecular weight is 179 g/mol. The molecular weight excluding hydrogens is 160 g/mol. The van der Waals surface area contributed by atoms with Crippen molar-refractivity contribution in [2.45, 2.75) is 39.2 Å². The molecule has 1 aromatic rings. The summed E-state index contributed by atoms with van der Waals surface area (Å²) in [5, 5.41) is 0. The van der Waals surface area contributed by atoms with Gasteiger partial charge >= 0.3 is 0 Å². The Morgan fingerprint density at radius 3 is 3.00 bits per heavy atom. The quantitative estimate of drug-likeness (QED) is 0.511. The fourth-order valence-electron chi connectivity index (χ4n) is 1.46. The molecule has 72 valence electrons. The molecule has 1 heterocycles. The first-order valence-electron chi connectivity index (χ1n) is 5.07. The molecule has 1 N–H and O–H groups in total. The Morgan fingerprint density at radius 1 is 1.46 bits per heavy atom. The number of nitrogens with one attached hydrogen (secondary N) is 1. The van der Waals surface area contributed by atoms with E-state index >= 15 is 0 Å². The number of H-pyrrole nitrogens is 1. The number of unbranched alkanes of at least 4 members (excludes halogenated alkanes) is 3. The van der Waals surface area contributed by atoms with E-state index in [0.717, 1.165) is 12.4 Å². The van der Waals surface area contributed by atoms with Crippen molar-refractivity contribution in [2.75, 3.05) is 0 Å². The van der Waals surface area contributed by atoms with Crippen LogP contribution >= 0.6 is 0 Å². The third-order valence-corrected chi connectivity index (χ3v) is 2.24. The molecule has 13 heavy (non-hydrogen) atoms. The minimum Gasteiger partial charge on any atom is -0.244 e. The summed E-state index contributed by atoms with van der Waals surface area (Å²) in [4.78, 5) is 3.14. The van der Waals surface area contributed by atoms with Gasteiger partial charge in [0.1, 0.15) is 12.4 Å². The van der Waals surface area contributed by atoms with Crippen LogP contribution in [-0.2, 0) is 6.54 Å². The summed E-state index contributed by atoms with van der Waals surface area (Å²) in [6, 6.07) is 0. The standard InChI is InChI=1S/C11H18N2/c1-3-5-6-7-9-13-10-8-12-11(13)4-2/h4,8,10H,2-3,5-7,9H2,1H3/p+1. The molecule has 1 aromatic heterocycles. The molecule has 0 fully saturated rings. The predicted molar refractivity (Wildman–Crippen MR) is 55.2 cm³/mol. The first-order valence-corrected chi connectivity index (χ1v) is 5.07. The molecule has 0 unspecified atom stereocenters. The first kappa shape index (κ1) is 10.0. The van der Waals surface area contributed by atoms with Crippen molar-refractivity contribution >= 4 is 6.08 Å². The molecule has 0 aliphatic heterocycles. The van der Waals surface area contributed by atoms with E-state index in [1.807, 2.05) is 12.3 Å². The second-order valence-corrected chi connectivity index (χ2v) is 3.30. The van der Waals surface area contributed by atoms with Crippen LogP contribution in [0, 0.1) is 0 Å². The van der Waals surface area contributed by atoms with Crippen molar-refractivity contribution in [1.82, 2.24) is 4.98 Å². The molecule has 0 radical (unpaired) electrons. The topological polar surface area (TPSA) is 19.7 Å². The van der Waals surface area contributed by atoms with Crippen LogP contribution in [0.1, 0.15) is 38.4 Å². The summed E-state index contributed by atoms with van der Waals surface area (Å²) >= 11 is 0. The minimum absolute atomic E-state index is 1.10. The second kappa shape index (κ2) is 5.57. The highest BCUT2D eigenvalue weighted by Gasteiger charge is 2.04. The van der Waals surface area contributed by atoms with Crippen LogP contribution in [0.2, 0.25) is 0 Å². The molecule has 0 atom stereocenters. The maximum absolute atomic E-state index is 3.76. The molecule has 0 aromatic carbocycles. The Balaban J connectivity index is 2.31. The van der Waals surface area contributed by atoms with Gasteiger partial charge in [0.05, 0.1) is 6.54 Å². The third kappa shape index (κ3) is 3.05. The van der Waals surface area contributed by atoms with Gasteiger partial charge in [0.2, 0.25) is 0 Å². The van der Waals surface area contributed by atoms with Gasteiger partial charge in [0, 0.05) is 6.08 Å². The largest absolute Gasteiger partial charge is 0.278 e. The van der Waals surface area contributed by atoms with E-state index in [-0.39, 0.29) is 0 Å². The van der Waals surface area contributed by atoms with Gasteiger partial charge in [-0.15, -0.1) is 0 Å². The summed E-state index contributed by atoms with van der Waals surface area (Å²) in [6.07, 6.45) is 11.1. The van der Waals surface area contributed by atoms with E-state index in [1.165, 1.54) is 25.7 Å². The number of aryl methyl sites for hydroxylation is 1. The monoisotopic (exact) mass is 179 g/mol. The lowest BCUT2D eigenvalue weighted by Crippen LogP contribution is -2.34. The molecule has 0 spiro atoms. The van der Waals surface area contributed by atoms with Crippen molar-refractivity contribution in [2.24, 2.45) is 0 Å². The summed E-state index contributed by atoms with van der Waals surface area (Å²) in [6.45, 7) is 7.09. The van der Waals surface area contributed by atoms with Gasteiger partial charge in [-0.25, -0.2) is 9.55 Å². The van der Waals surface area contributed by atoms with E-state index < -0.39 is 0 Å². The lowest BCUT2D eigenvalue weighted by atomic mass is 10.2. The lowest BCUT2D eigenvalue weighted by molar-refractivity contribution is -0.697. The normalized spacial score (nSPS) is 10.2. The number of nitrogens with zero attached hydrogens (tertiary/aromatic N) is 1. The van der Waals surface area contributed by atoms with Gasteiger partial charge in [-0.1, -0.05) is 26.3 Å². The zero-order valence-corrected chi connectivity index (χ0v) is 8.42. The van der Waals surface area contributed by atoms with Crippen molar-refractivity contribution in [1.29, 1.82) is 0 Å². The average Bonchev–Trinajstić information content (AvgIpc) is 2.60. The molecule has 0 aliphatic carbocycles. The summed E-state index contributed by atoms with van der Waals surface area (Å²) in [5.41, 5.74) is 0. The number of hydrogen-bond acceptors (Lipinski definition) is 0. The lowest BCUT2D eigenvalue weighted by Gasteiger charge is -1.97. The van der Waals surface area contributed by atoms with Crippen LogP contribution < -0.4 is 4.57 Å². The van der Waals surface area contributed by atoms with Crippen molar-refractivity contribution < 1.29 is 4.57 Å². The Morgan fingerprint density at radius 2 is 2.31 bits per heavy atom. The van der Waals surface area contributed by atoms with E-state index in [2.05, 4.69) is 29.3 Å². The fourth-order valence-corrected chi connectivity index (χ4v) is 1.46. The van der Waals surface area contributed by atoms with Crippen LogP contribution in [0.5, 0.6) is 0 Å². The summed E-state index contributed by atoms with van der Waals surface area (Å²) in [5.74, 6) is 1.11. The molecule has 0 amide bonds. The van der Waals surface area contributed by atoms with Gasteiger partial charge in [-0.05, 0) is 12.8 Å². The van der Waals surface area contributed by atoms with Crippen LogP contribution in [0.4, 0.5) is 0 Å². The SMILES string of the molecule is C=Cc1[nH]cc[n+]1CCCCCC. The van der Waals surface area contributed by atoms with Crippen molar-refractivity contribution in [3.63, 3.8) is 0 Å². The predicted octanol–water partition coefficient (Wildman–Crippen LogP) is 2.53. The minimum atomic E-state index is 1.10. The Hall–Kier alpha value is -1.05. The van der Waals surface area contributed by atoms with E-state index in [1.54, 1.807) is 0 Å². The van der Waals surface area contributed by atoms with Crippen LogP contribution in [0.3, 0.4) is 0 Å². The van der Waals surface area contributed by atoms with Crippen LogP contribution in [0.15, 0.2) is 19.0 Å².